The van der Waals surface area contributed by atoms with Crippen molar-refractivity contribution in [2.24, 2.45) is 11.7 Å². The Morgan fingerprint density at radius 2 is 1.95 bits per heavy atom. The van der Waals surface area contributed by atoms with Crippen LogP contribution in [0.25, 0.3) is 0 Å². The Kier molecular flexibility index (Phi) is 4.94. The summed E-state index contributed by atoms with van der Waals surface area (Å²) in [5.41, 5.74) is 5.65. The van der Waals surface area contributed by atoms with Gasteiger partial charge in [-0.05, 0) is 43.9 Å². The van der Waals surface area contributed by atoms with Crippen LogP contribution < -0.4 is 5.73 Å². The fraction of sp³-hybridized carbons (Fsp3) is 0.625. The first-order valence-corrected chi connectivity index (χ1v) is 7.44. The predicted octanol–water partition coefficient (Wildman–Crippen LogP) is 3.83. The Hall–Kier alpha value is -1.07. The number of rotatable bonds is 3. The monoisotopic (exact) mass is 300 g/mol. The largest absolute Gasteiger partial charge is 0.416 e. The number of piperidine rings is 1. The lowest BCUT2D eigenvalue weighted by molar-refractivity contribution is -0.138. The van der Waals surface area contributed by atoms with E-state index in [9.17, 15) is 13.2 Å². The predicted molar refractivity (Wildman–Crippen MR) is 77.8 cm³/mol. The van der Waals surface area contributed by atoms with E-state index in [4.69, 9.17) is 5.73 Å². The minimum atomic E-state index is -4.35. The molecule has 1 heterocycles. The van der Waals surface area contributed by atoms with Crippen LogP contribution in [0.15, 0.2) is 24.3 Å². The lowest BCUT2D eigenvalue weighted by atomic mass is 9.92. The summed E-state index contributed by atoms with van der Waals surface area (Å²) in [6.45, 7) is 5.72. The molecule has 3 unspecified atom stereocenters. The molecule has 0 amide bonds. The molecule has 1 aliphatic rings. The molecule has 0 radical (unpaired) electrons. The van der Waals surface area contributed by atoms with Crippen molar-refractivity contribution in [1.29, 1.82) is 0 Å². The van der Waals surface area contributed by atoms with Gasteiger partial charge in [0.15, 0.2) is 0 Å². The van der Waals surface area contributed by atoms with E-state index in [0.29, 0.717) is 18.5 Å². The van der Waals surface area contributed by atoms with Gasteiger partial charge in [-0.1, -0.05) is 25.1 Å². The highest BCUT2D eigenvalue weighted by Crippen LogP contribution is 2.34. The molecule has 0 aromatic heterocycles. The Morgan fingerprint density at radius 3 is 2.57 bits per heavy atom. The average Bonchev–Trinajstić information content (AvgIpc) is 2.41. The van der Waals surface area contributed by atoms with Gasteiger partial charge in [-0.25, -0.2) is 0 Å². The summed E-state index contributed by atoms with van der Waals surface area (Å²) in [6, 6.07) is 5.38. The van der Waals surface area contributed by atoms with Gasteiger partial charge in [0.1, 0.15) is 0 Å². The lowest BCUT2D eigenvalue weighted by Crippen LogP contribution is -2.44. The third-order valence-corrected chi connectivity index (χ3v) is 4.37. The van der Waals surface area contributed by atoms with Gasteiger partial charge in [0.05, 0.1) is 5.56 Å². The van der Waals surface area contributed by atoms with Crippen molar-refractivity contribution in [3.63, 3.8) is 0 Å². The van der Waals surface area contributed by atoms with E-state index in [1.165, 1.54) is 12.1 Å². The number of likely N-dealkylation sites (tertiary alicyclic amines) is 1. The Morgan fingerprint density at radius 1 is 1.29 bits per heavy atom. The zero-order chi connectivity index (χ0) is 15.6. The summed E-state index contributed by atoms with van der Waals surface area (Å²) in [5, 5.41) is 0. The van der Waals surface area contributed by atoms with Crippen molar-refractivity contribution in [3.8, 4) is 0 Å². The van der Waals surface area contributed by atoms with Crippen LogP contribution in [0, 0.1) is 5.92 Å². The van der Waals surface area contributed by atoms with Crippen LogP contribution in [0.1, 0.15) is 43.9 Å². The van der Waals surface area contributed by atoms with Crippen LogP contribution >= 0.6 is 0 Å². The minimum absolute atomic E-state index is 0.191. The van der Waals surface area contributed by atoms with Crippen LogP contribution in [0.4, 0.5) is 13.2 Å². The fourth-order valence-electron chi connectivity index (χ4n) is 3.16. The number of nitrogens with two attached hydrogens (primary N) is 1. The van der Waals surface area contributed by atoms with E-state index in [-0.39, 0.29) is 5.56 Å². The topological polar surface area (TPSA) is 29.3 Å². The van der Waals surface area contributed by atoms with Gasteiger partial charge >= 0.3 is 6.18 Å². The molecule has 1 aromatic carbocycles. The van der Waals surface area contributed by atoms with Crippen LogP contribution in [-0.2, 0) is 6.18 Å². The molecule has 1 fully saturated rings. The van der Waals surface area contributed by atoms with Gasteiger partial charge in [-0.2, -0.15) is 13.2 Å². The lowest BCUT2D eigenvalue weighted by Gasteiger charge is -2.38. The van der Waals surface area contributed by atoms with Gasteiger partial charge < -0.3 is 5.73 Å². The smallest absolute Gasteiger partial charge is 0.323 e. The molecule has 0 spiro atoms. The first-order valence-electron chi connectivity index (χ1n) is 7.44. The van der Waals surface area contributed by atoms with Crippen molar-refractivity contribution in [2.45, 2.75) is 44.9 Å². The van der Waals surface area contributed by atoms with Crippen LogP contribution in [0.5, 0.6) is 0 Å². The van der Waals surface area contributed by atoms with Crippen LogP contribution in [-0.4, -0.2) is 24.0 Å². The molecular weight excluding hydrogens is 277 g/mol. The maximum Gasteiger partial charge on any atom is 0.416 e. The molecule has 3 atom stereocenters. The summed E-state index contributed by atoms with van der Waals surface area (Å²) < 4.78 is 39.1. The zero-order valence-electron chi connectivity index (χ0n) is 12.5. The Bertz CT molecular complexity index is 473. The van der Waals surface area contributed by atoms with Crippen LogP contribution in [0.3, 0.4) is 0 Å². The number of halogens is 3. The molecule has 21 heavy (non-hydrogen) atoms. The molecule has 2 nitrogen and oxygen atoms in total. The minimum Gasteiger partial charge on any atom is -0.323 e. The van der Waals surface area contributed by atoms with E-state index in [1.807, 2.05) is 0 Å². The number of hydrogen-bond acceptors (Lipinski definition) is 2. The van der Waals surface area contributed by atoms with Crippen molar-refractivity contribution in [2.75, 3.05) is 13.1 Å². The molecule has 118 valence electrons. The van der Waals surface area contributed by atoms with Gasteiger partial charge in [0.25, 0.3) is 0 Å². The number of benzene rings is 1. The summed E-state index contributed by atoms with van der Waals surface area (Å²) >= 11 is 0. The quantitative estimate of drug-likeness (QED) is 0.919. The Balaban J connectivity index is 2.12. The van der Waals surface area contributed by atoms with E-state index in [0.717, 1.165) is 25.5 Å². The highest BCUT2D eigenvalue weighted by atomic mass is 19.4. The molecule has 1 aromatic rings. The third-order valence-electron chi connectivity index (χ3n) is 4.37. The van der Waals surface area contributed by atoms with E-state index in [1.54, 1.807) is 6.07 Å². The standard InChI is InChI=1S/C16H23F3N2/c1-11-7-8-21(12(2)9-11)10-15(20)13-5-3-4-6-14(13)16(17,18)19/h3-6,11-12,15H,7-10,20H2,1-2H3. The van der Waals surface area contributed by atoms with E-state index >= 15 is 0 Å². The Labute approximate surface area is 124 Å². The molecule has 1 saturated heterocycles. The molecule has 0 saturated carbocycles. The molecule has 2 rings (SSSR count). The highest BCUT2D eigenvalue weighted by Gasteiger charge is 2.35. The molecule has 2 N–H and O–H groups in total. The number of alkyl halides is 3. The zero-order valence-corrected chi connectivity index (χ0v) is 12.5. The summed E-state index contributed by atoms with van der Waals surface area (Å²) in [5.74, 6) is 0.676. The molecule has 1 aliphatic heterocycles. The summed E-state index contributed by atoms with van der Waals surface area (Å²) in [7, 11) is 0. The second-order valence-electron chi connectivity index (χ2n) is 6.17. The SMILES string of the molecule is CC1CCN(CC(N)c2ccccc2C(F)(F)F)C(C)C1. The van der Waals surface area contributed by atoms with Gasteiger partial charge in [-0.15, -0.1) is 0 Å². The highest BCUT2D eigenvalue weighted by molar-refractivity contribution is 5.32. The molecule has 5 heteroatoms. The summed E-state index contributed by atoms with van der Waals surface area (Å²) in [4.78, 5) is 2.21. The molecule has 0 bridgehead atoms. The second kappa shape index (κ2) is 6.36. The first kappa shape index (κ1) is 16.3. The number of hydrogen-bond donors (Lipinski definition) is 1. The first-order chi connectivity index (χ1) is 9.79. The van der Waals surface area contributed by atoms with Crippen molar-refractivity contribution in [3.05, 3.63) is 35.4 Å². The molecular formula is C16H23F3N2. The molecule has 0 aliphatic carbocycles. The fourth-order valence-corrected chi connectivity index (χ4v) is 3.16. The van der Waals surface area contributed by atoms with E-state index < -0.39 is 17.8 Å². The van der Waals surface area contributed by atoms with Gasteiger partial charge in [0, 0.05) is 18.6 Å². The third kappa shape index (κ3) is 3.98. The van der Waals surface area contributed by atoms with Gasteiger partial charge in [0.2, 0.25) is 0 Å². The van der Waals surface area contributed by atoms with E-state index in [2.05, 4.69) is 18.7 Å². The second-order valence-corrected chi connectivity index (χ2v) is 6.17. The average molecular weight is 300 g/mol. The van der Waals surface area contributed by atoms with Crippen molar-refractivity contribution < 1.29 is 13.2 Å². The normalized spacial score (nSPS) is 25.8. The maximum absolute atomic E-state index is 13.0. The number of nitrogens with zero attached hydrogens (tertiary/aromatic N) is 1. The van der Waals surface area contributed by atoms with Crippen LogP contribution in [0.2, 0.25) is 0 Å². The van der Waals surface area contributed by atoms with Crippen molar-refractivity contribution >= 4 is 0 Å². The van der Waals surface area contributed by atoms with Crippen molar-refractivity contribution in [1.82, 2.24) is 4.90 Å². The van der Waals surface area contributed by atoms with Gasteiger partial charge in [-0.3, -0.25) is 4.90 Å². The maximum atomic E-state index is 13.0. The summed E-state index contributed by atoms with van der Waals surface area (Å²) in [6.07, 6.45) is -2.19.